The van der Waals surface area contributed by atoms with Crippen molar-refractivity contribution in [1.82, 2.24) is 5.32 Å². The van der Waals surface area contributed by atoms with Gasteiger partial charge in [0.1, 0.15) is 0 Å². The molecule has 1 aromatic rings. The van der Waals surface area contributed by atoms with Crippen LogP contribution in [0.1, 0.15) is 60.2 Å². The zero-order valence-corrected chi connectivity index (χ0v) is 13.9. The van der Waals surface area contributed by atoms with Gasteiger partial charge in [-0.3, -0.25) is 14.9 Å². The SMILES string of the molecule is CCOC(=O)c1cc(C(=O)NC2CCCC(C)C2)cc([N+](=O)[O-])c1. The monoisotopic (exact) mass is 334 g/mol. The third-order valence-corrected chi connectivity index (χ3v) is 4.17. The Hall–Kier alpha value is -2.44. The fraction of sp³-hybridized carbons (Fsp3) is 0.529. The van der Waals surface area contributed by atoms with Gasteiger partial charge in [-0.05, 0) is 31.7 Å². The van der Waals surface area contributed by atoms with Gasteiger partial charge in [0, 0.05) is 23.7 Å². The summed E-state index contributed by atoms with van der Waals surface area (Å²) in [6, 6.07) is 3.71. The molecule has 0 bridgehead atoms. The van der Waals surface area contributed by atoms with Crippen molar-refractivity contribution in [2.75, 3.05) is 6.61 Å². The Bertz CT molecular complexity index is 644. The van der Waals surface area contributed by atoms with Crippen molar-refractivity contribution < 1.29 is 19.2 Å². The first kappa shape index (κ1) is 17.9. The molecule has 0 saturated heterocycles. The minimum Gasteiger partial charge on any atom is -0.462 e. The summed E-state index contributed by atoms with van der Waals surface area (Å²) in [6.07, 6.45) is 3.99. The van der Waals surface area contributed by atoms with E-state index in [1.54, 1.807) is 6.92 Å². The molecule has 7 nitrogen and oxygen atoms in total. The van der Waals surface area contributed by atoms with Crippen molar-refractivity contribution in [2.24, 2.45) is 5.92 Å². The number of non-ortho nitro benzene ring substituents is 1. The lowest BCUT2D eigenvalue weighted by Crippen LogP contribution is -2.38. The number of nitro benzene ring substituents is 1. The number of amides is 1. The Morgan fingerprint density at radius 2 is 2.00 bits per heavy atom. The van der Waals surface area contributed by atoms with Crippen LogP contribution in [0.3, 0.4) is 0 Å². The molecule has 2 rings (SSSR count). The lowest BCUT2D eigenvalue weighted by atomic mass is 9.87. The zero-order chi connectivity index (χ0) is 17.7. The van der Waals surface area contributed by atoms with E-state index in [1.807, 2.05) is 0 Å². The molecule has 1 fully saturated rings. The second kappa shape index (κ2) is 7.90. The van der Waals surface area contributed by atoms with Gasteiger partial charge in [0.05, 0.1) is 17.1 Å². The Morgan fingerprint density at radius 1 is 1.29 bits per heavy atom. The van der Waals surface area contributed by atoms with Crippen molar-refractivity contribution in [3.8, 4) is 0 Å². The van der Waals surface area contributed by atoms with Gasteiger partial charge >= 0.3 is 5.97 Å². The van der Waals surface area contributed by atoms with Gasteiger partial charge in [0.2, 0.25) is 0 Å². The molecule has 1 amide bonds. The number of hydrogen-bond donors (Lipinski definition) is 1. The maximum Gasteiger partial charge on any atom is 0.338 e. The summed E-state index contributed by atoms with van der Waals surface area (Å²) >= 11 is 0. The van der Waals surface area contributed by atoms with Crippen molar-refractivity contribution >= 4 is 17.6 Å². The molecule has 0 spiro atoms. The molecule has 24 heavy (non-hydrogen) atoms. The average Bonchev–Trinajstić information content (AvgIpc) is 2.54. The largest absolute Gasteiger partial charge is 0.462 e. The van der Waals surface area contributed by atoms with Crippen molar-refractivity contribution in [3.05, 3.63) is 39.4 Å². The highest BCUT2D eigenvalue weighted by atomic mass is 16.6. The molecular formula is C17H22N2O5. The van der Waals surface area contributed by atoms with Crippen molar-refractivity contribution in [1.29, 1.82) is 0 Å². The van der Waals surface area contributed by atoms with E-state index < -0.39 is 16.8 Å². The number of hydrogen-bond acceptors (Lipinski definition) is 5. The Labute approximate surface area is 140 Å². The highest BCUT2D eigenvalue weighted by molar-refractivity contribution is 5.99. The summed E-state index contributed by atoms with van der Waals surface area (Å²) in [7, 11) is 0. The third-order valence-electron chi connectivity index (χ3n) is 4.17. The van der Waals surface area contributed by atoms with Gasteiger partial charge in [-0.25, -0.2) is 4.79 Å². The number of carbonyl (C=O) groups excluding carboxylic acids is 2. The van der Waals surface area contributed by atoms with Gasteiger partial charge in [-0.15, -0.1) is 0 Å². The number of esters is 1. The summed E-state index contributed by atoms with van der Waals surface area (Å²) < 4.78 is 4.87. The molecule has 0 aromatic heterocycles. The number of ether oxygens (including phenoxy) is 1. The van der Waals surface area contributed by atoms with Gasteiger partial charge in [0.15, 0.2) is 0 Å². The number of carbonyl (C=O) groups is 2. The molecule has 0 radical (unpaired) electrons. The predicted molar refractivity (Wildman–Crippen MR) is 87.9 cm³/mol. The highest BCUT2D eigenvalue weighted by Gasteiger charge is 2.23. The van der Waals surface area contributed by atoms with Crippen LogP contribution in [-0.2, 0) is 4.74 Å². The number of nitrogens with one attached hydrogen (secondary N) is 1. The van der Waals surface area contributed by atoms with Crippen LogP contribution < -0.4 is 5.32 Å². The minimum atomic E-state index is -0.679. The Kier molecular flexibility index (Phi) is 5.89. The lowest BCUT2D eigenvalue weighted by molar-refractivity contribution is -0.384. The van der Waals surface area contributed by atoms with E-state index >= 15 is 0 Å². The van der Waals surface area contributed by atoms with Gasteiger partial charge in [-0.2, -0.15) is 0 Å². The molecule has 1 N–H and O–H groups in total. The first-order valence-corrected chi connectivity index (χ1v) is 8.18. The van der Waals surface area contributed by atoms with E-state index in [1.165, 1.54) is 12.1 Å². The highest BCUT2D eigenvalue weighted by Crippen LogP contribution is 2.24. The Morgan fingerprint density at radius 3 is 2.62 bits per heavy atom. The quantitative estimate of drug-likeness (QED) is 0.507. The molecule has 2 atom stereocenters. The molecule has 7 heteroatoms. The molecule has 1 aliphatic carbocycles. The van der Waals surface area contributed by atoms with Crippen molar-refractivity contribution in [3.63, 3.8) is 0 Å². The predicted octanol–water partition coefficient (Wildman–Crippen LogP) is 3.08. The normalized spacial score (nSPS) is 20.2. The second-order valence-corrected chi connectivity index (χ2v) is 6.19. The molecule has 1 saturated carbocycles. The minimum absolute atomic E-state index is 0.00760. The molecule has 0 heterocycles. The molecular weight excluding hydrogens is 312 g/mol. The van der Waals surface area contributed by atoms with E-state index in [2.05, 4.69) is 12.2 Å². The molecule has 0 aliphatic heterocycles. The zero-order valence-electron chi connectivity index (χ0n) is 13.9. The second-order valence-electron chi connectivity index (χ2n) is 6.19. The first-order chi connectivity index (χ1) is 11.4. The summed E-state index contributed by atoms with van der Waals surface area (Å²) in [4.78, 5) is 34.7. The number of benzene rings is 1. The van der Waals surface area contributed by atoms with Gasteiger partial charge in [0.25, 0.3) is 11.6 Å². The molecule has 1 aliphatic rings. The van der Waals surface area contributed by atoms with Crippen LogP contribution in [0.2, 0.25) is 0 Å². The van der Waals surface area contributed by atoms with E-state index in [9.17, 15) is 19.7 Å². The van der Waals surface area contributed by atoms with E-state index in [-0.39, 0.29) is 29.5 Å². The van der Waals surface area contributed by atoms with E-state index in [0.29, 0.717) is 5.92 Å². The van der Waals surface area contributed by atoms with Crippen LogP contribution in [0.5, 0.6) is 0 Å². The number of nitro groups is 1. The Balaban J connectivity index is 2.22. The molecule has 1 aromatic carbocycles. The van der Waals surface area contributed by atoms with Crippen LogP contribution >= 0.6 is 0 Å². The average molecular weight is 334 g/mol. The van der Waals surface area contributed by atoms with E-state index in [0.717, 1.165) is 31.7 Å². The number of nitrogens with zero attached hydrogens (tertiary/aromatic N) is 1. The van der Waals surface area contributed by atoms with Gasteiger partial charge in [-0.1, -0.05) is 19.8 Å². The lowest BCUT2D eigenvalue weighted by Gasteiger charge is -2.27. The fourth-order valence-electron chi connectivity index (χ4n) is 3.01. The van der Waals surface area contributed by atoms with Crippen molar-refractivity contribution in [2.45, 2.75) is 45.6 Å². The summed E-state index contributed by atoms with van der Waals surface area (Å²) in [5, 5.41) is 14.0. The maximum atomic E-state index is 12.4. The summed E-state index contributed by atoms with van der Waals surface area (Å²) in [6.45, 7) is 3.95. The van der Waals surface area contributed by atoms with Crippen LogP contribution in [0.25, 0.3) is 0 Å². The molecule has 2 unspecified atom stereocenters. The van der Waals surface area contributed by atoms with Gasteiger partial charge < -0.3 is 10.1 Å². The fourth-order valence-corrected chi connectivity index (χ4v) is 3.01. The molecule has 130 valence electrons. The smallest absolute Gasteiger partial charge is 0.338 e. The standard InChI is InChI=1S/C17H22N2O5/c1-3-24-17(21)13-8-12(9-15(10-13)19(22)23)16(20)18-14-6-4-5-11(2)7-14/h8-11,14H,3-7H2,1-2H3,(H,18,20). The van der Waals surface area contributed by atoms with Crippen LogP contribution in [0.4, 0.5) is 5.69 Å². The topological polar surface area (TPSA) is 98.5 Å². The third kappa shape index (κ3) is 4.53. The first-order valence-electron chi connectivity index (χ1n) is 8.18. The van der Waals surface area contributed by atoms with Crippen LogP contribution in [-0.4, -0.2) is 29.4 Å². The number of rotatable bonds is 5. The van der Waals surface area contributed by atoms with E-state index in [4.69, 9.17) is 4.74 Å². The summed E-state index contributed by atoms with van der Waals surface area (Å²) in [5.41, 5.74) is -0.193. The summed E-state index contributed by atoms with van der Waals surface area (Å²) in [5.74, 6) is -0.533. The maximum absolute atomic E-state index is 12.4. The van der Waals surface area contributed by atoms with Crippen LogP contribution in [0.15, 0.2) is 18.2 Å². The van der Waals surface area contributed by atoms with Crippen LogP contribution in [0, 0.1) is 16.0 Å².